The second-order valence-electron chi connectivity index (χ2n) is 5.42. The highest BCUT2D eigenvalue weighted by molar-refractivity contribution is 6.00. The third kappa shape index (κ3) is 4.26. The number of rotatable bonds is 6. The molecule has 0 amide bonds. The maximum atomic E-state index is 11.6. The fraction of sp³-hybridized carbons (Fsp3) is 0.200. The standard InChI is InChI=1S/C20H20O2/c1-15(21)20(16(2)22)14-19-11-7-6-10-18(19)13-12-17-8-4-3-5-9-17/h3-13,20H,14H2,1-2H3/b13-12+. The maximum absolute atomic E-state index is 11.6. The predicted octanol–water partition coefficient (Wildman–Crippen LogP) is 4.19. The van der Waals surface area contributed by atoms with Crippen LogP contribution in [0.25, 0.3) is 12.2 Å². The summed E-state index contributed by atoms with van der Waals surface area (Å²) in [6.07, 6.45) is 4.53. The summed E-state index contributed by atoms with van der Waals surface area (Å²) >= 11 is 0. The van der Waals surface area contributed by atoms with E-state index in [0.29, 0.717) is 6.42 Å². The van der Waals surface area contributed by atoms with Crippen molar-refractivity contribution in [2.45, 2.75) is 20.3 Å². The highest BCUT2D eigenvalue weighted by atomic mass is 16.1. The zero-order chi connectivity index (χ0) is 15.9. The van der Waals surface area contributed by atoms with Crippen molar-refractivity contribution in [1.82, 2.24) is 0 Å². The SMILES string of the molecule is CC(=O)C(Cc1ccccc1/C=C/c1ccccc1)C(C)=O. The van der Waals surface area contributed by atoms with Crippen LogP contribution in [-0.2, 0) is 16.0 Å². The normalized spacial score (nSPS) is 11.0. The van der Waals surface area contributed by atoms with Gasteiger partial charge in [0.15, 0.2) is 0 Å². The van der Waals surface area contributed by atoms with Crippen LogP contribution < -0.4 is 0 Å². The molecule has 0 aliphatic carbocycles. The third-order valence-electron chi connectivity index (χ3n) is 3.72. The zero-order valence-corrected chi connectivity index (χ0v) is 13.0. The van der Waals surface area contributed by atoms with Gasteiger partial charge in [0.1, 0.15) is 11.6 Å². The summed E-state index contributed by atoms with van der Waals surface area (Å²) in [5, 5.41) is 0. The molecule has 0 fully saturated rings. The first-order valence-corrected chi connectivity index (χ1v) is 7.40. The van der Waals surface area contributed by atoms with E-state index in [9.17, 15) is 9.59 Å². The lowest BCUT2D eigenvalue weighted by molar-refractivity contribution is -0.130. The topological polar surface area (TPSA) is 34.1 Å². The highest BCUT2D eigenvalue weighted by Gasteiger charge is 2.20. The molecule has 0 aliphatic heterocycles. The van der Waals surface area contributed by atoms with Crippen molar-refractivity contribution < 1.29 is 9.59 Å². The molecule has 0 aliphatic rings. The minimum atomic E-state index is -0.550. The predicted molar refractivity (Wildman–Crippen MR) is 90.4 cm³/mol. The minimum absolute atomic E-state index is 0.0747. The molecule has 0 unspecified atom stereocenters. The summed E-state index contributed by atoms with van der Waals surface area (Å²) < 4.78 is 0. The summed E-state index contributed by atoms with van der Waals surface area (Å²) in [7, 11) is 0. The van der Waals surface area contributed by atoms with E-state index in [1.807, 2.05) is 66.7 Å². The van der Waals surface area contributed by atoms with E-state index in [0.717, 1.165) is 16.7 Å². The lowest BCUT2D eigenvalue weighted by atomic mass is 9.90. The molecule has 0 heterocycles. The third-order valence-corrected chi connectivity index (χ3v) is 3.72. The molecular weight excluding hydrogens is 272 g/mol. The Labute approximate surface area is 131 Å². The number of hydrogen-bond donors (Lipinski definition) is 0. The van der Waals surface area contributed by atoms with Crippen LogP contribution in [0.3, 0.4) is 0 Å². The summed E-state index contributed by atoms with van der Waals surface area (Å²) in [5.74, 6) is -0.699. The van der Waals surface area contributed by atoms with Gasteiger partial charge < -0.3 is 0 Å². The van der Waals surface area contributed by atoms with Crippen LogP contribution in [0.1, 0.15) is 30.5 Å². The Balaban J connectivity index is 2.25. The number of carbonyl (C=O) groups is 2. The number of hydrogen-bond acceptors (Lipinski definition) is 2. The highest BCUT2D eigenvalue weighted by Crippen LogP contribution is 2.18. The second kappa shape index (κ2) is 7.51. The number of benzene rings is 2. The second-order valence-corrected chi connectivity index (χ2v) is 5.42. The van der Waals surface area contributed by atoms with Gasteiger partial charge in [0.05, 0.1) is 5.92 Å². The molecular formula is C20H20O2. The van der Waals surface area contributed by atoms with Gasteiger partial charge in [-0.2, -0.15) is 0 Å². The molecule has 112 valence electrons. The molecule has 2 aromatic rings. The van der Waals surface area contributed by atoms with E-state index >= 15 is 0 Å². The first kappa shape index (κ1) is 15.9. The number of carbonyl (C=O) groups excluding carboxylic acids is 2. The summed E-state index contributed by atoms with van der Waals surface area (Å²) in [5.41, 5.74) is 3.18. The Morgan fingerprint density at radius 1 is 0.864 bits per heavy atom. The van der Waals surface area contributed by atoms with Gasteiger partial charge >= 0.3 is 0 Å². The Morgan fingerprint density at radius 2 is 1.45 bits per heavy atom. The van der Waals surface area contributed by atoms with Gasteiger partial charge in [-0.05, 0) is 37.0 Å². The van der Waals surface area contributed by atoms with E-state index < -0.39 is 5.92 Å². The lowest BCUT2D eigenvalue weighted by Crippen LogP contribution is -2.22. The average molecular weight is 292 g/mol. The van der Waals surface area contributed by atoms with E-state index in [2.05, 4.69) is 0 Å². The molecule has 0 N–H and O–H groups in total. The fourth-order valence-corrected chi connectivity index (χ4v) is 2.43. The Morgan fingerprint density at radius 3 is 2.09 bits per heavy atom. The zero-order valence-electron chi connectivity index (χ0n) is 13.0. The molecule has 2 nitrogen and oxygen atoms in total. The van der Waals surface area contributed by atoms with Crippen LogP contribution in [-0.4, -0.2) is 11.6 Å². The van der Waals surface area contributed by atoms with Gasteiger partial charge in [-0.25, -0.2) is 0 Å². The Hall–Kier alpha value is -2.48. The van der Waals surface area contributed by atoms with Crippen LogP contribution in [0.4, 0.5) is 0 Å². The molecule has 0 saturated carbocycles. The van der Waals surface area contributed by atoms with Crippen LogP contribution in [0, 0.1) is 5.92 Å². The number of Topliss-reactive ketones (excluding diaryl/α,β-unsaturated/α-hetero) is 2. The van der Waals surface area contributed by atoms with Crippen molar-refractivity contribution in [3.8, 4) is 0 Å². The molecule has 0 radical (unpaired) electrons. The lowest BCUT2D eigenvalue weighted by Gasteiger charge is -2.12. The minimum Gasteiger partial charge on any atom is -0.299 e. The smallest absolute Gasteiger partial charge is 0.140 e. The maximum Gasteiger partial charge on any atom is 0.140 e. The first-order chi connectivity index (χ1) is 10.6. The molecule has 0 bridgehead atoms. The van der Waals surface area contributed by atoms with Crippen LogP contribution in [0.15, 0.2) is 54.6 Å². The summed E-state index contributed by atoms with van der Waals surface area (Å²) in [6, 6.07) is 17.9. The number of ketones is 2. The first-order valence-electron chi connectivity index (χ1n) is 7.40. The summed E-state index contributed by atoms with van der Waals surface area (Å²) in [4.78, 5) is 23.3. The molecule has 22 heavy (non-hydrogen) atoms. The van der Waals surface area contributed by atoms with Gasteiger partial charge in [0, 0.05) is 0 Å². The van der Waals surface area contributed by atoms with Gasteiger partial charge in [-0.1, -0.05) is 66.7 Å². The molecule has 0 spiro atoms. The van der Waals surface area contributed by atoms with Gasteiger partial charge in [0.2, 0.25) is 0 Å². The van der Waals surface area contributed by atoms with Crippen molar-refractivity contribution in [3.63, 3.8) is 0 Å². The van der Waals surface area contributed by atoms with Crippen molar-refractivity contribution in [1.29, 1.82) is 0 Å². The summed E-state index contributed by atoms with van der Waals surface area (Å²) in [6.45, 7) is 2.96. The van der Waals surface area contributed by atoms with E-state index in [1.54, 1.807) is 0 Å². The molecule has 2 aromatic carbocycles. The van der Waals surface area contributed by atoms with Crippen molar-refractivity contribution in [2.75, 3.05) is 0 Å². The van der Waals surface area contributed by atoms with Crippen molar-refractivity contribution in [2.24, 2.45) is 5.92 Å². The van der Waals surface area contributed by atoms with E-state index in [4.69, 9.17) is 0 Å². The van der Waals surface area contributed by atoms with Crippen LogP contribution >= 0.6 is 0 Å². The monoisotopic (exact) mass is 292 g/mol. The fourth-order valence-electron chi connectivity index (χ4n) is 2.43. The molecule has 2 rings (SSSR count). The van der Waals surface area contributed by atoms with Crippen LogP contribution in [0.5, 0.6) is 0 Å². The van der Waals surface area contributed by atoms with E-state index in [-0.39, 0.29) is 11.6 Å². The largest absolute Gasteiger partial charge is 0.299 e. The van der Waals surface area contributed by atoms with Crippen molar-refractivity contribution in [3.05, 3.63) is 71.3 Å². The molecule has 0 atom stereocenters. The van der Waals surface area contributed by atoms with E-state index in [1.165, 1.54) is 13.8 Å². The molecule has 2 heteroatoms. The quantitative estimate of drug-likeness (QED) is 0.591. The van der Waals surface area contributed by atoms with Crippen molar-refractivity contribution >= 4 is 23.7 Å². The van der Waals surface area contributed by atoms with Gasteiger partial charge in [-0.3, -0.25) is 9.59 Å². The Kier molecular flexibility index (Phi) is 5.42. The molecule has 0 saturated heterocycles. The average Bonchev–Trinajstić information content (AvgIpc) is 2.52. The molecule has 0 aromatic heterocycles. The Bertz CT molecular complexity index is 670. The van der Waals surface area contributed by atoms with Gasteiger partial charge in [0.25, 0.3) is 0 Å². The van der Waals surface area contributed by atoms with Gasteiger partial charge in [-0.15, -0.1) is 0 Å². The van der Waals surface area contributed by atoms with Crippen LogP contribution in [0.2, 0.25) is 0 Å².